The van der Waals surface area contributed by atoms with Gasteiger partial charge in [0.25, 0.3) is 0 Å². The maximum Gasteiger partial charge on any atom is 0.377 e. The van der Waals surface area contributed by atoms with Crippen LogP contribution in [-0.2, 0) is 14.1 Å². The number of carbonyl (C=O) groups is 1. The van der Waals surface area contributed by atoms with Crippen LogP contribution in [-0.4, -0.2) is 60.7 Å². The third-order valence-electron chi connectivity index (χ3n) is 3.28. The first-order valence-electron chi connectivity index (χ1n) is 6.35. The van der Waals surface area contributed by atoms with Crippen molar-refractivity contribution in [3.8, 4) is 0 Å². The van der Waals surface area contributed by atoms with Crippen molar-refractivity contribution in [2.45, 2.75) is 43.6 Å². The first-order chi connectivity index (χ1) is 9.68. The molecule has 0 bridgehead atoms. The Kier molecular flexibility index (Phi) is 6.18. The molecule has 0 radical (unpaired) electrons. The van der Waals surface area contributed by atoms with E-state index in [9.17, 15) is 9.36 Å². The van der Waals surface area contributed by atoms with Gasteiger partial charge in [-0.15, -0.1) is 0 Å². The number of hydrogen-bond donors (Lipinski definition) is 6. The molecule has 0 aromatic rings. The fraction of sp³-hybridized carbons (Fsp3) is 0.727. The Bertz CT molecular complexity index is 449. The Labute approximate surface area is 120 Å². The molecule has 1 saturated carbocycles. The van der Waals surface area contributed by atoms with Crippen LogP contribution in [0, 0.1) is 0 Å². The van der Waals surface area contributed by atoms with E-state index in [-0.39, 0.29) is 5.66 Å². The Morgan fingerprint density at radius 1 is 1.24 bits per heavy atom. The predicted molar refractivity (Wildman–Crippen MR) is 69.6 cm³/mol. The maximum absolute atomic E-state index is 10.5. The molecule has 9 nitrogen and oxygen atoms in total. The minimum Gasteiger partial charge on any atom is -0.505 e. The summed E-state index contributed by atoms with van der Waals surface area (Å²) in [5.41, 5.74) is -0.322. The van der Waals surface area contributed by atoms with Crippen molar-refractivity contribution in [1.82, 2.24) is 0 Å². The second-order valence-electron chi connectivity index (χ2n) is 4.84. The monoisotopic (exact) mass is 326 g/mol. The molecule has 1 aliphatic carbocycles. The van der Waals surface area contributed by atoms with Crippen LogP contribution in [0.25, 0.3) is 0 Å². The van der Waals surface area contributed by atoms with Crippen molar-refractivity contribution < 1.29 is 44.3 Å². The Morgan fingerprint density at radius 2 is 1.76 bits per heavy atom. The quantitative estimate of drug-likeness (QED) is 0.301. The summed E-state index contributed by atoms with van der Waals surface area (Å²) in [5, 5.41) is 35.0. The lowest BCUT2D eigenvalue weighted by molar-refractivity contribution is -0.147. The fourth-order valence-corrected chi connectivity index (χ4v) is 3.10. The molecular weight excluding hydrogens is 307 g/mol. The summed E-state index contributed by atoms with van der Waals surface area (Å²) in [6, 6.07) is 0. The van der Waals surface area contributed by atoms with E-state index in [0.29, 0.717) is 12.8 Å². The largest absolute Gasteiger partial charge is 0.505 e. The second kappa shape index (κ2) is 7.24. The van der Waals surface area contributed by atoms with E-state index in [4.69, 9.17) is 30.2 Å². The molecule has 0 amide bonds. The highest BCUT2D eigenvalue weighted by Gasteiger charge is 2.38. The molecule has 21 heavy (non-hydrogen) atoms. The smallest absolute Gasteiger partial charge is 0.377 e. The van der Waals surface area contributed by atoms with Crippen LogP contribution >= 0.6 is 7.60 Å². The number of aliphatic hydroxyl groups excluding tert-OH is 4. The van der Waals surface area contributed by atoms with Crippen molar-refractivity contribution in [2.75, 3.05) is 6.61 Å². The molecule has 0 aromatic heterocycles. The molecule has 10 heteroatoms. The summed E-state index contributed by atoms with van der Waals surface area (Å²) >= 11 is 0. The van der Waals surface area contributed by atoms with Gasteiger partial charge < -0.3 is 34.9 Å². The summed E-state index contributed by atoms with van der Waals surface area (Å²) in [6.45, 7) is -0.671. The molecule has 2 aliphatic rings. The van der Waals surface area contributed by atoms with Gasteiger partial charge in [-0.05, 0) is 12.8 Å². The zero-order chi connectivity index (χ0) is 16.2. The number of rotatable bonds is 3. The van der Waals surface area contributed by atoms with Crippen LogP contribution in [0.4, 0.5) is 0 Å². The topological polar surface area (TPSA) is 165 Å². The predicted octanol–water partition coefficient (Wildman–Crippen LogP) is -0.301. The van der Waals surface area contributed by atoms with Gasteiger partial charge in [0.15, 0.2) is 11.9 Å². The minimum absolute atomic E-state index is 0.322. The van der Waals surface area contributed by atoms with Crippen molar-refractivity contribution in [3.05, 3.63) is 11.5 Å². The van der Waals surface area contributed by atoms with Crippen LogP contribution in [0.15, 0.2) is 11.5 Å². The highest BCUT2D eigenvalue weighted by atomic mass is 31.2. The third-order valence-corrected chi connectivity index (χ3v) is 4.74. The van der Waals surface area contributed by atoms with Crippen LogP contribution in [0.2, 0.25) is 0 Å². The van der Waals surface area contributed by atoms with E-state index < -0.39 is 43.9 Å². The van der Waals surface area contributed by atoms with Gasteiger partial charge >= 0.3 is 13.6 Å². The van der Waals surface area contributed by atoms with E-state index in [1.54, 1.807) is 0 Å². The first kappa shape index (κ1) is 17.9. The van der Waals surface area contributed by atoms with Gasteiger partial charge in [0.2, 0.25) is 5.76 Å². The number of aliphatic hydroxyl groups is 4. The summed E-state index contributed by atoms with van der Waals surface area (Å²) in [5.74, 6) is -2.78. The zero-order valence-corrected chi connectivity index (χ0v) is 12.0. The van der Waals surface area contributed by atoms with E-state index >= 15 is 0 Å². The molecule has 0 spiro atoms. The number of hydrogen-bond acceptors (Lipinski definition) is 7. The summed E-state index contributed by atoms with van der Waals surface area (Å²) in [4.78, 5) is 27.8. The van der Waals surface area contributed by atoms with Gasteiger partial charge in [0.05, 0.1) is 12.3 Å². The average Bonchev–Trinajstić information content (AvgIpc) is 3.03. The van der Waals surface area contributed by atoms with E-state index in [1.807, 2.05) is 0 Å². The van der Waals surface area contributed by atoms with Gasteiger partial charge in [-0.2, -0.15) is 0 Å². The van der Waals surface area contributed by atoms with Crippen LogP contribution < -0.4 is 0 Å². The van der Waals surface area contributed by atoms with E-state index in [0.717, 1.165) is 12.8 Å². The lowest BCUT2D eigenvalue weighted by Gasteiger charge is -2.13. The Morgan fingerprint density at radius 3 is 2.05 bits per heavy atom. The molecule has 2 rings (SSSR count). The van der Waals surface area contributed by atoms with Crippen molar-refractivity contribution in [2.24, 2.45) is 0 Å². The number of carbonyl (C=O) groups excluding carboxylic acids is 1. The molecule has 1 aliphatic heterocycles. The van der Waals surface area contributed by atoms with Gasteiger partial charge in [0.1, 0.15) is 6.10 Å². The lowest BCUT2D eigenvalue weighted by atomic mass is 10.2. The summed E-state index contributed by atoms with van der Waals surface area (Å²) in [6.07, 6.45) is 0.612. The number of esters is 1. The summed E-state index contributed by atoms with van der Waals surface area (Å²) < 4.78 is 14.8. The Balaban J connectivity index is 0.000000219. The van der Waals surface area contributed by atoms with E-state index in [2.05, 4.69) is 4.74 Å². The maximum atomic E-state index is 10.5. The highest BCUT2D eigenvalue weighted by molar-refractivity contribution is 7.52. The van der Waals surface area contributed by atoms with Gasteiger partial charge in [0, 0.05) is 0 Å². The first-order valence-corrected chi connectivity index (χ1v) is 8.03. The standard InChI is InChI=1S/C6H8O6.C5H11O3P/c7-1-2(8)5-3(9)4(10)6(11)12-5;6-9(7,8)5-3-1-2-4-5/h2,5,7-10H,1H2;5H,1-4H2,(H2,6,7,8)/t2?,5-;/m1./s1. The zero-order valence-electron chi connectivity index (χ0n) is 11.1. The van der Waals surface area contributed by atoms with E-state index in [1.165, 1.54) is 0 Å². The molecule has 0 aromatic carbocycles. The summed E-state index contributed by atoms with van der Waals surface area (Å²) in [7, 11) is -3.71. The normalized spacial score (nSPS) is 24.6. The molecule has 1 heterocycles. The SMILES string of the molecule is O=C1O[C@H](C(O)CO)C(O)=C1O.O=P(O)(O)C1CCCC1. The Hall–Kier alpha value is -1.12. The third kappa shape index (κ3) is 4.69. The average molecular weight is 326 g/mol. The molecule has 122 valence electrons. The molecule has 6 N–H and O–H groups in total. The minimum atomic E-state index is -3.71. The van der Waals surface area contributed by atoms with Crippen LogP contribution in [0.3, 0.4) is 0 Å². The number of cyclic esters (lactones) is 1. The van der Waals surface area contributed by atoms with Gasteiger partial charge in [-0.25, -0.2) is 4.79 Å². The van der Waals surface area contributed by atoms with Crippen LogP contribution in [0.1, 0.15) is 25.7 Å². The fourth-order valence-electron chi connectivity index (χ4n) is 2.06. The highest BCUT2D eigenvalue weighted by Crippen LogP contribution is 2.48. The molecule has 0 saturated heterocycles. The van der Waals surface area contributed by atoms with Crippen molar-refractivity contribution in [3.63, 3.8) is 0 Å². The van der Waals surface area contributed by atoms with Crippen molar-refractivity contribution in [1.29, 1.82) is 0 Å². The second-order valence-corrected chi connectivity index (χ2v) is 6.75. The molecule has 1 unspecified atom stereocenters. The molecule has 1 fully saturated rings. The van der Waals surface area contributed by atoms with Crippen LogP contribution in [0.5, 0.6) is 0 Å². The van der Waals surface area contributed by atoms with Gasteiger partial charge in [-0.1, -0.05) is 12.8 Å². The molecule has 2 atom stereocenters. The molecular formula is C11H19O9P. The lowest BCUT2D eigenvalue weighted by Crippen LogP contribution is -2.31. The van der Waals surface area contributed by atoms with Gasteiger partial charge in [-0.3, -0.25) is 4.57 Å². The number of ether oxygens (including phenoxy) is 1. The van der Waals surface area contributed by atoms with Crippen molar-refractivity contribution >= 4 is 13.6 Å².